The van der Waals surface area contributed by atoms with Crippen LogP contribution in [0.4, 0.5) is 10.1 Å². The predicted octanol–water partition coefficient (Wildman–Crippen LogP) is 3.32. The van der Waals surface area contributed by atoms with Gasteiger partial charge in [0.15, 0.2) is 9.84 Å². The van der Waals surface area contributed by atoms with E-state index in [1.807, 2.05) is 0 Å². The minimum Gasteiger partial charge on any atom is -0.393 e. The van der Waals surface area contributed by atoms with E-state index < -0.39 is 21.8 Å². The highest BCUT2D eigenvalue weighted by molar-refractivity contribution is 7.91. The van der Waals surface area contributed by atoms with Crippen LogP contribution in [-0.4, -0.2) is 31.3 Å². The van der Waals surface area contributed by atoms with Crippen molar-refractivity contribution in [3.8, 4) is 0 Å². The van der Waals surface area contributed by atoms with Crippen molar-refractivity contribution in [2.45, 2.75) is 37.2 Å². The van der Waals surface area contributed by atoms with Crippen molar-refractivity contribution in [2.75, 3.05) is 11.1 Å². The molecule has 0 spiro atoms. The Balaban J connectivity index is 1.76. The molecule has 7 heteroatoms. The van der Waals surface area contributed by atoms with Gasteiger partial charge in [-0.15, -0.1) is 0 Å². The molecule has 1 saturated carbocycles. The van der Waals surface area contributed by atoms with Gasteiger partial charge in [0.1, 0.15) is 5.82 Å². The molecule has 1 aliphatic rings. The zero-order valence-corrected chi connectivity index (χ0v) is 15.8. The van der Waals surface area contributed by atoms with E-state index >= 15 is 0 Å². The number of sulfone groups is 1. The lowest BCUT2D eigenvalue weighted by atomic mass is 10.1. The Kier molecular flexibility index (Phi) is 5.62. The Morgan fingerprint density at radius 3 is 2.67 bits per heavy atom. The summed E-state index contributed by atoms with van der Waals surface area (Å²) in [7, 11) is -3.55. The Labute approximate surface area is 158 Å². The van der Waals surface area contributed by atoms with Crippen LogP contribution < -0.4 is 5.32 Å². The van der Waals surface area contributed by atoms with Crippen molar-refractivity contribution in [2.24, 2.45) is 5.92 Å². The van der Waals surface area contributed by atoms with Gasteiger partial charge in [0, 0.05) is 11.3 Å². The molecule has 0 bridgehead atoms. The van der Waals surface area contributed by atoms with Crippen LogP contribution in [0.2, 0.25) is 0 Å². The molecule has 3 rings (SSSR count). The Bertz CT molecular complexity index is 958. The molecule has 0 saturated heterocycles. The van der Waals surface area contributed by atoms with Crippen molar-refractivity contribution in [1.29, 1.82) is 0 Å². The van der Waals surface area contributed by atoms with Gasteiger partial charge < -0.3 is 10.4 Å². The normalized spacial score (nSPS) is 19.8. The molecule has 0 radical (unpaired) electrons. The number of nitrogens with one attached hydrogen (secondary N) is 1. The molecule has 1 aliphatic carbocycles. The van der Waals surface area contributed by atoms with E-state index in [9.17, 15) is 22.7 Å². The van der Waals surface area contributed by atoms with Crippen molar-refractivity contribution in [3.05, 3.63) is 59.4 Å². The van der Waals surface area contributed by atoms with Crippen molar-refractivity contribution in [1.82, 2.24) is 0 Å². The van der Waals surface area contributed by atoms with Gasteiger partial charge in [0.2, 0.25) is 0 Å². The van der Waals surface area contributed by atoms with Crippen molar-refractivity contribution in [3.63, 3.8) is 0 Å². The predicted molar refractivity (Wildman–Crippen MR) is 101 cm³/mol. The van der Waals surface area contributed by atoms with Gasteiger partial charge in [-0.1, -0.05) is 6.07 Å². The third-order valence-electron chi connectivity index (χ3n) is 4.84. The topological polar surface area (TPSA) is 83.5 Å². The third-order valence-corrected chi connectivity index (χ3v) is 6.72. The summed E-state index contributed by atoms with van der Waals surface area (Å²) in [5, 5.41) is 12.2. The van der Waals surface area contributed by atoms with Crippen LogP contribution in [0, 0.1) is 18.7 Å². The molecule has 144 valence electrons. The number of carbonyl (C=O) groups excluding carboxylic acids is 1. The summed E-state index contributed by atoms with van der Waals surface area (Å²) in [6, 6.07) is 10.1. The van der Waals surface area contributed by atoms with Crippen LogP contribution in [0.15, 0.2) is 47.4 Å². The fourth-order valence-electron chi connectivity index (χ4n) is 3.36. The number of aryl methyl sites for hydroxylation is 1. The van der Waals surface area contributed by atoms with E-state index in [0.29, 0.717) is 30.5 Å². The van der Waals surface area contributed by atoms with E-state index in [1.54, 1.807) is 6.92 Å². The first-order chi connectivity index (χ1) is 12.7. The summed E-state index contributed by atoms with van der Waals surface area (Å²) in [5.41, 5.74) is 1.06. The first-order valence-electron chi connectivity index (χ1n) is 8.83. The molecule has 2 aromatic carbocycles. The maximum Gasteiger partial charge on any atom is 0.255 e. The van der Waals surface area contributed by atoms with Gasteiger partial charge in [-0.2, -0.15) is 0 Å². The Hall–Kier alpha value is -2.25. The minimum absolute atomic E-state index is 0.0354. The lowest BCUT2D eigenvalue weighted by Crippen LogP contribution is -2.17. The molecule has 27 heavy (non-hydrogen) atoms. The molecule has 0 aromatic heterocycles. The van der Waals surface area contributed by atoms with Gasteiger partial charge in [0.25, 0.3) is 5.91 Å². The molecule has 0 heterocycles. The summed E-state index contributed by atoms with van der Waals surface area (Å²) in [6.07, 6.45) is 1.37. The molecular formula is C20H22FNO4S. The number of hydrogen-bond acceptors (Lipinski definition) is 4. The fourth-order valence-corrected chi connectivity index (χ4v) is 5.07. The SMILES string of the molecule is Cc1cc(NC(=O)c2cccc(S(=O)(=O)CC3CCC(O)C3)c2)ccc1F. The third kappa shape index (κ3) is 4.73. The average molecular weight is 391 g/mol. The number of amides is 1. The maximum atomic E-state index is 13.3. The van der Waals surface area contributed by atoms with Crippen LogP contribution in [-0.2, 0) is 9.84 Å². The number of rotatable bonds is 5. The average Bonchev–Trinajstić information content (AvgIpc) is 3.02. The number of hydrogen-bond donors (Lipinski definition) is 2. The summed E-state index contributed by atoms with van der Waals surface area (Å²) in [4.78, 5) is 12.5. The van der Waals surface area contributed by atoms with E-state index in [2.05, 4.69) is 5.32 Å². The largest absolute Gasteiger partial charge is 0.393 e. The molecular weight excluding hydrogens is 369 g/mol. The second-order valence-electron chi connectivity index (χ2n) is 7.06. The lowest BCUT2D eigenvalue weighted by Gasteiger charge is -2.12. The highest BCUT2D eigenvalue weighted by atomic mass is 32.2. The number of halogens is 1. The molecule has 1 fully saturated rings. The van der Waals surface area contributed by atoms with E-state index in [4.69, 9.17) is 0 Å². The Morgan fingerprint density at radius 1 is 1.22 bits per heavy atom. The summed E-state index contributed by atoms with van der Waals surface area (Å²) < 4.78 is 38.6. The summed E-state index contributed by atoms with van der Waals surface area (Å²) in [5.74, 6) is -0.927. The van der Waals surface area contributed by atoms with Crippen LogP contribution in [0.3, 0.4) is 0 Å². The lowest BCUT2D eigenvalue weighted by molar-refractivity contribution is 0.102. The van der Waals surface area contributed by atoms with E-state index in [-0.39, 0.29) is 27.9 Å². The second kappa shape index (κ2) is 7.78. The molecule has 5 nitrogen and oxygen atoms in total. The van der Waals surface area contributed by atoms with Gasteiger partial charge in [-0.3, -0.25) is 4.79 Å². The smallest absolute Gasteiger partial charge is 0.255 e. The molecule has 0 aliphatic heterocycles. The number of aliphatic hydroxyl groups is 1. The van der Waals surface area contributed by atoms with Crippen LogP contribution in [0.5, 0.6) is 0 Å². The number of benzene rings is 2. The zero-order valence-electron chi connectivity index (χ0n) is 15.0. The Morgan fingerprint density at radius 2 is 2.00 bits per heavy atom. The molecule has 1 amide bonds. The number of anilines is 1. The van der Waals surface area contributed by atoms with E-state index in [0.717, 1.165) is 0 Å². The molecule has 2 atom stereocenters. The number of aliphatic hydroxyl groups excluding tert-OH is 1. The highest BCUT2D eigenvalue weighted by Gasteiger charge is 2.28. The number of carbonyl (C=O) groups is 1. The first kappa shape index (κ1) is 19.5. The van der Waals surface area contributed by atoms with Crippen LogP contribution in [0.25, 0.3) is 0 Å². The van der Waals surface area contributed by atoms with E-state index in [1.165, 1.54) is 42.5 Å². The molecule has 2 N–H and O–H groups in total. The summed E-state index contributed by atoms with van der Waals surface area (Å²) >= 11 is 0. The maximum absolute atomic E-state index is 13.3. The van der Waals surface area contributed by atoms with Gasteiger partial charge >= 0.3 is 0 Å². The van der Waals surface area contributed by atoms with Gasteiger partial charge in [-0.25, -0.2) is 12.8 Å². The zero-order chi connectivity index (χ0) is 19.6. The van der Waals surface area contributed by atoms with Crippen molar-refractivity contribution >= 4 is 21.4 Å². The fraction of sp³-hybridized carbons (Fsp3) is 0.350. The monoisotopic (exact) mass is 391 g/mol. The quantitative estimate of drug-likeness (QED) is 0.819. The second-order valence-corrected chi connectivity index (χ2v) is 9.09. The first-order valence-corrected chi connectivity index (χ1v) is 10.5. The molecule has 2 aromatic rings. The van der Waals surface area contributed by atoms with Gasteiger partial charge in [-0.05, 0) is 74.1 Å². The molecule has 2 unspecified atom stereocenters. The highest BCUT2D eigenvalue weighted by Crippen LogP contribution is 2.29. The van der Waals surface area contributed by atoms with Crippen molar-refractivity contribution < 1.29 is 22.7 Å². The van der Waals surface area contributed by atoms with Crippen LogP contribution >= 0.6 is 0 Å². The standard InChI is InChI=1S/C20H22FNO4S/c1-13-9-16(6-8-19(13)21)22-20(24)15-3-2-4-18(11-15)27(25,26)12-14-5-7-17(23)10-14/h2-4,6,8-9,11,14,17,23H,5,7,10,12H2,1H3,(H,22,24). The summed E-state index contributed by atoms with van der Waals surface area (Å²) in [6.45, 7) is 1.60. The van der Waals surface area contributed by atoms with Gasteiger partial charge in [0.05, 0.1) is 16.8 Å². The minimum atomic E-state index is -3.55. The van der Waals surface area contributed by atoms with Crippen LogP contribution in [0.1, 0.15) is 35.2 Å².